The van der Waals surface area contributed by atoms with E-state index >= 15 is 0 Å². The molecule has 0 amide bonds. The van der Waals surface area contributed by atoms with Gasteiger partial charge in [-0.15, -0.1) is 0 Å². The standard InChI is InChI=1S/C63H40N2O/c1-4-18-42(19-5-1)62-64-58(44-32-33-53-52-26-12-14-29-56(52)63(57(53)38-44,48-21-6-2-7-22-48)49-23-8-3-9-24-49)40-59(65-62)47-36-45(35-46(37-47)51-28-16-20-41-17-10-11-25-50(41)51)43-31-34-55-54-27-13-15-30-60(54)66-61(55)39-43/h1-40H. The summed E-state index contributed by atoms with van der Waals surface area (Å²) in [5, 5.41) is 4.62. The number of rotatable bonds is 7. The second kappa shape index (κ2) is 15.3. The summed E-state index contributed by atoms with van der Waals surface area (Å²) in [6.45, 7) is 0. The number of nitrogens with zero attached hydrogens (tertiary/aromatic N) is 2. The van der Waals surface area contributed by atoms with Crippen LogP contribution in [0.2, 0.25) is 0 Å². The lowest BCUT2D eigenvalue weighted by Gasteiger charge is -2.34. The average molecular weight is 841 g/mol. The molecule has 308 valence electrons. The van der Waals surface area contributed by atoms with Gasteiger partial charge < -0.3 is 4.42 Å². The maximum absolute atomic E-state index is 6.43. The van der Waals surface area contributed by atoms with Crippen LogP contribution < -0.4 is 0 Å². The van der Waals surface area contributed by atoms with E-state index in [9.17, 15) is 0 Å². The minimum Gasteiger partial charge on any atom is -0.456 e. The highest BCUT2D eigenvalue weighted by Gasteiger charge is 2.46. The lowest BCUT2D eigenvalue weighted by molar-refractivity contribution is 0.669. The average Bonchev–Trinajstić information content (AvgIpc) is 3.92. The Morgan fingerprint density at radius 2 is 0.879 bits per heavy atom. The van der Waals surface area contributed by atoms with Gasteiger partial charge in [0.2, 0.25) is 0 Å². The Morgan fingerprint density at radius 3 is 1.68 bits per heavy atom. The molecular weight excluding hydrogens is 801 g/mol. The summed E-state index contributed by atoms with van der Waals surface area (Å²) in [4.78, 5) is 10.8. The van der Waals surface area contributed by atoms with Crippen LogP contribution in [-0.2, 0) is 5.41 Å². The third kappa shape index (κ3) is 6.05. The molecule has 0 aliphatic heterocycles. The van der Waals surface area contributed by atoms with E-state index in [1.807, 2.05) is 18.2 Å². The maximum Gasteiger partial charge on any atom is 0.160 e. The van der Waals surface area contributed by atoms with Crippen molar-refractivity contribution in [2.75, 3.05) is 0 Å². The summed E-state index contributed by atoms with van der Waals surface area (Å²) in [6, 6.07) is 87.1. The van der Waals surface area contributed by atoms with E-state index in [-0.39, 0.29) is 0 Å². The van der Waals surface area contributed by atoms with Crippen LogP contribution in [0.25, 0.3) is 100.0 Å². The molecule has 66 heavy (non-hydrogen) atoms. The van der Waals surface area contributed by atoms with Gasteiger partial charge in [-0.1, -0.05) is 194 Å². The minimum atomic E-state index is -0.536. The third-order valence-electron chi connectivity index (χ3n) is 13.6. The number of benzene rings is 10. The van der Waals surface area contributed by atoms with Crippen LogP contribution in [0.4, 0.5) is 0 Å². The molecule has 3 heteroatoms. The van der Waals surface area contributed by atoms with Crippen LogP contribution in [0.3, 0.4) is 0 Å². The predicted octanol–water partition coefficient (Wildman–Crippen LogP) is 16.2. The summed E-state index contributed by atoms with van der Waals surface area (Å²) >= 11 is 0. The number of hydrogen-bond donors (Lipinski definition) is 0. The Kier molecular flexibility index (Phi) is 8.75. The first-order chi connectivity index (χ1) is 32.7. The van der Waals surface area contributed by atoms with Crippen molar-refractivity contribution in [2.24, 2.45) is 0 Å². The van der Waals surface area contributed by atoms with Crippen LogP contribution >= 0.6 is 0 Å². The number of hydrogen-bond acceptors (Lipinski definition) is 3. The highest BCUT2D eigenvalue weighted by atomic mass is 16.3. The predicted molar refractivity (Wildman–Crippen MR) is 271 cm³/mol. The van der Waals surface area contributed by atoms with Gasteiger partial charge in [0.25, 0.3) is 0 Å². The van der Waals surface area contributed by atoms with E-state index in [0.717, 1.165) is 72.3 Å². The Balaban J connectivity index is 1.05. The van der Waals surface area contributed by atoms with Crippen molar-refractivity contribution < 1.29 is 4.42 Å². The van der Waals surface area contributed by atoms with Crippen molar-refractivity contribution >= 4 is 32.7 Å². The lowest BCUT2D eigenvalue weighted by Crippen LogP contribution is -2.28. The van der Waals surface area contributed by atoms with E-state index in [0.29, 0.717) is 5.82 Å². The quantitative estimate of drug-likeness (QED) is 0.160. The Hall–Kier alpha value is -8.66. The molecule has 0 saturated heterocycles. The number of fused-ring (bicyclic) bond motifs is 7. The second-order valence-electron chi connectivity index (χ2n) is 17.3. The molecule has 0 radical (unpaired) electrons. The van der Waals surface area contributed by atoms with Crippen LogP contribution in [-0.4, -0.2) is 9.97 Å². The zero-order valence-corrected chi connectivity index (χ0v) is 35.9. The minimum absolute atomic E-state index is 0.536. The summed E-state index contributed by atoms with van der Waals surface area (Å²) < 4.78 is 6.43. The molecule has 13 rings (SSSR count). The molecule has 1 aliphatic carbocycles. The van der Waals surface area contributed by atoms with Crippen molar-refractivity contribution in [3.63, 3.8) is 0 Å². The third-order valence-corrected chi connectivity index (χ3v) is 13.6. The molecular formula is C63H40N2O. The van der Waals surface area contributed by atoms with Gasteiger partial charge in [0.05, 0.1) is 16.8 Å². The molecule has 0 unspecified atom stereocenters. The van der Waals surface area contributed by atoms with Crippen molar-refractivity contribution in [1.29, 1.82) is 0 Å². The second-order valence-corrected chi connectivity index (χ2v) is 17.3. The molecule has 2 aromatic heterocycles. The smallest absolute Gasteiger partial charge is 0.160 e. The normalized spacial score (nSPS) is 12.7. The van der Waals surface area contributed by atoms with Gasteiger partial charge in [0.1, 0.15) is 11.2 Å². The number of aromatic nitrogens is 2. The van der Waals surface area contributed by atoms with E-state index in [1.54, 1.807) is 0 Å². The first-order valence-corrected chi connectivity index (χ1v) is 22.5. The van der Waals surface area contributed by atoms with Crippen LogP contribution in [0, 0.1) is 0 Å². The van der Waals surface area contributed by atoms with Crippen molar-refractivity contribution in [2.45, 2.75) is 5.41 Å². The van der Waals surface area contributed by atoms with Gasteiger partial charge in [0, 0.05) is 27.5 Å². The van der Waals surface area contributed by atoms with Crippen LogP contribution in [0.1, 0.15) is 22.3 Å². The molecule has 10 aromatic carbocycles. The molecule has 2 heterocycles. The van der Waals surface area contributed by atoms with E-state index in [1.165, 1.54) is 44.2 Å². The first-order valence-electron chi connectivity index (χ1n) is 22.5. The Labute approximate surface area is 383 Å². The van der Waals surface area contributed by atoms with Gasteiger partial charge in [-0.05, 0) is 115 Å². The summed E-state index contributed by atoms with van der Waals surface area (Å²) in [5.41, 5.74) is 17.8. The zero-order valence-electron chi connectivity index (χ0n) is 35.9. The molecule has 0 spiro atoms. The Morgan fingerprint density at radius 1 is 0.303 bits per heavy atom. The first kappa shape index (κ1) is 37.9. The van der Waals surface area contributed by atoms with Crippen molar-refractivity contribution in [3.8, 4) is 67.3 Å². The highest BCUT2D eigenvalue weighted by Crippen LogP contribution is 2.56. The lowest BCUT2D eigenvalue weighted by atomic mass is 9.67. The van der Waals surface area contributed by atoms with Gasteiger partial charge in [0.15, 0.2) is 5.82 Å². The monoisotopic (exact) mass is 840 g/mol. The van der Waals surface area contributed by atoms with E-state index < -0.39 is 5.41 Å². The molecule has 0 N–H and O–H groups in total. The zero-order chi connectivity index (χ0) is 43.6. The summed E-state index contributed by atoms with van der Waals surface area (Å²) in [7, 11) is 0. The molecule has 0 fully saturated rings. The molecule has 12 aromatic rings. The summed E-state index contributed by atoms with van der Waals surface area (Å²) in [5.74, 6) is 0.671. The van der Waals surface area contributed by atoms with Crippen molar-refractivity contribution in [3.05, 3.63) is 265 Å². The van der Waals surface area contributed by atoms with Crippen molar-refractivity contribution in [1.82, 2.24) is 9.97 Å². The molecule has 0 saturated carbocycles. The molecule has 0 bridgehead atoms. The van der Waals surface area contributed by atoms with Crippen LogP contribution in [0.5, 0.6) is 0 Å². The van der Waals surface area contributed by atoms with Gasteiger partial charge in [-0.3, -0.25) is 0 Å². The molecule has 0 atom stereocenters. The largest absolute Gasteiger partial charge is 0.456 e. The highest BCUT2D eigenvalue weighted by molar-refractivity contribution is 6.06. The van der Waals surface area contributed by atoms with Gasteiger partial charge in [-0.2, -0.15) is 0 Å². The fraction of sp³-hybridized carbons (Fsp3) is 0.0159. The maximum atomic E-state index is 6.43. The molecule has 3 nitrogen and oxygen atoms in total. The van der Waals surface area contributed by atoms with Crippen LogP contribution in [0.15, 0.2) is 247 Å². The topological polar surface area (TPSA) is 38.9 Å². The van der Waals surface area contributed by atoms with E-state index in [4.69, 9.17) is 14.4 Å². The number of furan rings is 1. The van der Waals surface area contributed by atoms with Gasteiger partial charge in [-0.25, -0.2) is 9.97 Å². The molecule has 1 aliphatic rings. The Bertz CT molecular complexity index is 3770. The SMILES string of the molecule is c1ccc(-c2nc(-c3cc(-c4ccc5c(c4)oc4ccccc45)cc(-c4cccc5ccccc45)c3)cc(-c3ccc4c(c3)C(c3ccccc3)(c3ccccc3)c3ccccc3-4)n2)cc1. The summed E-state index contributed by atoms with van der Waals surface area (Å²) in [6.07, 6.45) is 0. The fourth-order valence-corrected chi connectivity index (χ4v) is 10.5. The van der Waals surface area contributed by atoms with Gasteiger partial charge >= 0.3 is 0 Å². The number of para-hydroxylation sites is 1. The van der Waals surface area contributed by atoms with E-state index in [2.05, 4.69) is 224 Å². The fourth-order valence-electron chi connectivity index (χ4n) is 10.5.